The zero-order valence-electron chi connectivity index (χ0n) is 17.5. The average molecular weight is 432 g/mol. The van der Waals surface area contributed by atoms with Crippen molar-refractivity contribution in [3.63, 3.8) is 0 Å². The number of anilines is 1. The third kappa shape index (κ3) is 6.21. The van der Waals surface area contributed by atoms with E-state index in [1.54, 1.807) is 24.3 Å². The number of sulfonamides is 1. The fourth-order valence-corrected chi connectivity index (χ4v) is 4.43. The summed E-state index contributed by atoms with van der Waals surface area (Å²) in [6.45, 7) is 3.26. The third-order valence-corrected chi connectivity index (χ3v) is 6.27. The van der Waals surface area contributed by atoms with E-state index in [1.165, 1.54) is 25.5 Å². The summed E-state index contributed by atoms with van der Waals surface area (Å²) in [5, 5.41) is 2.83. The van der Waals surface area contributed by atoms with E-state index in [2.05, 4.69) is 22.3 Å². The van der Waals surface area contributed by atoms with Crippen molar-refractivity contribution >= 4 is 21.6 Å². The number of carbonyl (C=O) groups is 1. The van der Waals surface area contributed by atoms with E-state index in [0.29, 0.717) is 18.0 Å². The highest BCUT2D eigenvalue weighted by atomic mass is 32.2. The van der Waals surface area contributed by atoms with E-state index < -0.39 is 10.0 Å². The van der Waals surface area contributed by atoms with Crippen molar-refractivity contribution in [3.05, 3.63) is 59.7 Å². The van der Waals surface area contributed by atoms with Crippen LogP contribution in [0.15, 0.2) is 48.5 Å². The van der Waals surface area contributed by atoms with Crippen LogP contribution in [0.1, 0.15) is 24.0 Å². The molecule has 0 aromatic heterocycles. The smallest absolute Gasteiger partial charge is 0.241 e. The second-order valence-corrected chi connectivity index (χ2v) is 9.45. The zero-order valence-corrected chi connectivity index (χ0v) is 18.3. The Bertz CT molecular complexity index is 955. The summed E-state index contributed by atoms with van der Waals surface area (Å²) < 4.78 is 30.6. The van der Waals surface area contributed by atoms with Gasteiger partial charge in [0.05, 0.1) is 19.1 Å². The molecule has 0 bridgehead atoms. The molecule has 0 radical (unpaired) electrons. The number of benzene rings is 2. The van der Waals surface area contributed by atoms with Gasteiger partial charge in [-0.1, -0.05) is 24.3 Å². The molecule has 162 valence electrons. The van der Waals surface area contributed by atoms with Crippen LogP contribution >= 0.6 is 0 Å². The van der Waals surface area contributed by atoms with Crippen LogP contribution in [-0.2, 0) is 27.9 Å². The predicted octanol–water partition coefficient (Wildman–Crippen LogP) is 2.37. The maximum absolute atomic E-state index is 12.5. The van der Waals surface area contributed by atoms with Crippen LogP contribution in [0.25, 0.3) is 0 Å². The van der Waals surface area contributed by atoms with Crippen molar-refractivity contribution in [1.82, 2.24) is 10.2 Å². The minimum absolute atomic E-state index is 0.279. The number of hydrogen-bond donors (Lipinski definition) is 1. The Balaban J connectivity index is 1.60. The van der Waals surface area contributed by atoms with E-state index in [-0.39, 0.29) is 12.5 Å². The zero-order chi connectivity index (χ0) is 21.6. The summed E-state index contributed by atoms with van der Waals surface area (Å²) in [7, 11) is -2.07. The maximum atomic E-state index is 12.5. The lowest BCUT2D eigenvalue weighted by Crippen LogP contribution is -2.40. The van der Waals surface area contributed by atoms with Crippen LogP contribution in [0.4, 0.5) is 5.69 Å². The number of carbonyl (C=O) groups excluding carboxylic acids is 1. The molecule has 0 saturated carbocycles. The summed E-state index contributed by atoms with van der Waals surface area (Å²) in [5.41, 5.74) is 2.64. The van der Waals surface area contributed by atoms with Gasteiger partial charge in [-0.25, -0.2) is 8.42 Å². The largest absolute Gasteiger partial charge is 0.497 e. The van der Waals surface area contributed by atoms with E-state index in [0.717, 1.165) is 35.8 Å². The van der Waals surface area contributed by atoms with Gasteiger partial charge >= 0.3 is 0 Å². The molecule has 8 heteroatoms. The van der Waals surface area contributed by atoms with Gasteiger partial charge in [0.1, 0.15) is 12.3 Å². The molecule has 0 aliphatic carbocycles. The molecule has 1 aliphatic rings. The first-order valence-electron chi connectivity index (χ1n) is 10.0. The maximum Gasteiger partial charge on any atom is 0.241 e. The predicted molar refractivity (Wildman–Crippen MR) is 118 cm³/mol. The van der Waals surface area contributed by atoms with Crippen molar-refractivity contribution in [1.29, 1.82) is 0 Å². The minimum atomic E-state index is -3.61. The topological polar surface area (TPSA) is 79.0 Å². The van der Waals surface area contributed by atoms with Gasteiger partial charge in [0.25, 0.3) is 0 Å². The fourth-order valence-electron chi connectivity index (χ4n) is 3.57. The molecule has 1 heterocycles. The highest BCUT2D eigenvalue weighted by molar-refractivity contribution is 7.92. The average Bonchev–Trinajstić information content (AvgIpc) is 3.23. The number of likely N-dealkylation sites (tertiary alicyclic amines) is 1. The number of methoxy groups -OCH3 is 1. The van der Waals surface area contributed by atoms with Crippen LogP contribution in [-0.4, -0.2) is 52.2 Å². The van der Waals surface area contributed by atoms with Crippen LogP contribution in [0.5, 0.6) is 5.75 Å². The Kier molecular flexibility index (Phi) is 7.33. The van der Waals surface area contributed by atoms with Crippen molar-refractivity contribution < 1.29 is 17.9 Å². The molecular weight excluding hydrogens is 402 g/mol. The number of nitrogens with zero attached hydrogens (tertiary/aromatic N) is 2. The molecule has 30 heavy (non-hydrogen) atoms. The van der Waals surface area contributed by atoms with Crippen LogP contribution in [0.2, 0.25) is 0 Å². The lowest BCUT2D eigenvalue weighted by molar-refractivity contribution is -0.119. The standard InChI is InChI=1S/C22H29N3O4S/c1-29-21-10-8-20(9-11-21)25(30(2,27)28)17-22(26)23-15-18-6-5-7-19(14-18)16-24-12-3-4-13-24/h5-11,14H,3-4,12-13,15-17H2,1-2H3,(H,23,26). The number of nitrogens with one attached hydrogen (secondary N) is 1. The lowest BCUT2D eigenvalue weighted by Gasteiger charge is -2.22. The first-order valence-corrected chi connectivity index (χ1v) is 11.9. The molecule has 1 aliphatic heterocycles. The molecule has 1 saturated heterocycles. The highest BCUT2D eigenvalue weighted by Crippen LogP contribution is 2.21. The summed E-state index contributed by atoms with van der Waals surface area (Å²) in [6, 6.07) is 14.7. The van der Waals surface area contributed by atoms with Crippen molar-refractivity contribution in [2.75, 3.05) is 37.3 Å². The Morgan fingerprint density at radius 3 is 2.40 bits per heavy atom. The normalized spacial score (nSPS) is 14.5. The monoisotopic (exact) mass is 431 g/mol. The van der Waals surface area contributed by atoms with Crippen LogP contribution in [0.3, 0.4) is 0 Å². The molecule has 0 unspecified atom stereocenters. The minimum Gasteiger partial charge on any atom is -0.497 e. The molecular formula is C22H29N3O4S. The van der Waals surface area contributed by atoms with E-state index in [9.17, 15) is 13.2 Å². The molecule has 1 N–H and O–H groups in total. The highest BCUT2D eigenvalue weighted by Gasteiger charge is 2.21. The molecule has 0 atom stereocenters. The number of hydrogen-bond acceptors (Lipinski definition) is 5. The Hall–Kier alpha value is -2.58. The van der Waals surface area contributed by atoms with Gasteiger partial charge in [-0.2, -0.15) is 0 Å². The molecule has 3 rings (SSSR count). The van der Waals surface area contributed by atoms with Gasteiger partial charge in [-0.3, -0.25) is 14.0 Å². The van der Waals surface area contributed by atoms with E-state index in [4.69, 9.17) is 4.74 Å². The summed E-state index contributed by atoms with van der Waals surface area (Å²) in [6.07, 6.45) is 3.59. The summed E-state index contributed by atoms with van der Waals surface area (Å²) in [4.78, 5) is 14.9. The van der Waals surface area contributed by atoms with Gasteiger partial charge in [-0.15, -0.1) is 0 Å². The second-order valence-electron chi connectivity index (χ2n) is 7.55. The molecule has 2 aromatic carbocycles. The van der Waals surface area contributed by atoms with Gasteiger partial charge in [0.2, 0.25) is 15.9 Å². The first kappa shape index (κ1) is 22.1. The summed E-state index contributed by atoms with van der Waals surface area (Å²) >= 11 is 0. The molecule has 1 fully saturated rings. The SMILES string of the molecule is COc1ccc(N(CC(=O)NCc2cccc(CN3CCCC3)c2)S(C)(=O)=O)cc1. The first-order chi connectivity index (χ1) is 14.3. The Morgan fingerprint density at radius 1 is 1.10 bits per heavy atom. The third-order valence-electron chi connectivity index (χ3n) is 5.13. The summed E-state index contributed by atoms with van der Waals surface area (Å²) in [5.74, 6) is 0.256. The van der Waals surface area contributed by atoms with Crippen molar-refractivity contribution in [2.45, 2.75) is 25.9 Å². The Morgan fingerprint density at radius 2 is 1.77 bits per heavy atom. The second kappa shape index (κ2) is 9.95. The van der Waals surface area contributed by atoms with E-state index >= 15 is 0 Å². The van der Waals surface area contributed by atoms with Gasteiger partial charge in [0, 0.05) is 13.1 Å². The van der Waals surface area contributed by atoms with Crippen molar-refractivity contribution in [2.24, 2.45) is 0 Å². The number of ether oxygens (including phenoxy) is 1. The van der Waals surface area contributed by atoms with Crippen LogP contribution in [0, 0.1) is 0 Å². The Labute approximate surface area is 178 Å². The number of rotatable bonds is 9. The fraction of sp³-hybridized carbons (Fsp3) is 0.409. The van der Waals surface area contributed by atoms with Crippen LogP contribution < -0.4 is 14.4 Å². The molecule has 1 amide bonds. The molecule has 7 nitrogen and oxygen atoms in total. The van der Waals surface area contributed by atoms with Gasteiger partial charge in [-0.05, 0) is 61.3 Å². The van der Waals surface area contributed by atoms with Gasteiger partial charge in [0.15, 0.2) is 0 Å². The molecule has 2 aromatic rings. The quantitative estimate of drug-likeness (QED) is 0.660. The molecule has 0 spiro atoms. The van der Waals surface area contributed by atoms with Crippen molar-refractivity contribution in [3.8, 4) is 5.75 Å². The lowest BCUT2D eigenvalue weighted by atomic mass is 10.1. The number of amides is 1. The van der Waals surface area contributed by atoms with E-state index in [1.807, 2.05) is 12.1 Å². The van der Waals surface area contributed by atoms with Gasteiger partial charge < -0.3 is 10.1 Å².